The van der Waals surface area contributed by atoms with Crippen molar-refractivity contribution in [3.05, 3.63) is 0 Å². The summed E-state index contributed by atoms with van der Waals surface area (Å²) >= 11 is 0. The lowest BCUT2D eigenvalue weighted by molar-refractivity contribution is 0.154. The summed E-state index contributed by atoms with van der Waals surface area (Å²) in [5, 5.41) is 3.32. The lowest BCUT2D eigenvalue weighted by Gasteiger charge is -2.33. The molecule has 1 aliphatic carbocycles. The summed E-state index contributed by atoms with van der Waals surface area (Å²) in [6, 6.07) is 0.714. The van der Waals surface area contributed by atoms with Gasteiger partial charge in [-0.25, -0.2) is 0 Å². The minimum Gasteiger partial charge on any atom is -0.318 e. The van der Waals surface area contributed by atoms with E-state index in [2.05, 4.69) is 38.0 Å². The van der Waals surface area contributed by atoms with Crippen molar-refractivity contribution in [3.8, 4) is 0 Å². The van der Waals surface area contributed by atoms with Crippen LogP contribution in [0.15, 0.2) is 0 Å². The van der Waals surface area contributed by atoms with E-state index in [0.29, 0.717) is 6.04 Å². The molecule has 0 aromatic rings. The molecule has 0 radical (unpaired) electrons. The molecule has 1 rings (SSSR count). The predicted octanol–water partition coefficient (Wildman–Crippen LogP) is 1.96. The maximum absolute atomic E-state index is 3.32. The molecule has 0 bridgehead atoms. The Balaban J connectivity index is 2.42. The second-order valence-electron chi connectivity index (χ2n) is 4.90. The van der Waals surface area contributed by atoms with Crippen LogP contribution < -0.4 is 5.32 Å². The largest absolute Gasteiger partial charge is 0.318 e. The predicted molar refractivity (Wildman–Crippen MR) is 62.5 cm³/mol. The molecule has 1 aliphatic rings. The molecule has 2 heteroatoms. The van der Waals surface area contributed by atoms with Gasteiger partial charge in [0.2, 0.25) is 0 Å². The van der Waals surface area contributed by atoms with Crippen molar-refractivity contribution < 1.29 is 0 Å². The maximum atomic E-state index is 3.32. The lowest BCUT2D eigenvalue weighted by Crippen LogP contribution is -2.45. The molecule has 0 heterocycles. The van der Waals surface area contributed by atoms with Crippen LogP contribution in [0.4, 0.5) is 0 Å². The molecule has 1 fully saturated rings. The molecular weight excluding hydrogens is 172 g/mol. The molecule has 1 N–H and O–H groups in total. The number of rotatable bonds is 7. The first kappa shape index (κ1) is 12.0. The van der Waals surface area contributed by atoms with Crippen LogP contribution >= 0.6 is 0 Å². The topological polar surface area (TPSA) is 15.3 Å². The smallest absolute Gasteiger partial charge is 0.0243 e. The zero-order chi connectivity index (χ0) is 10.6. The molecule has 14 heavy (non-hydrogen) atoms. The third-order valence-corrected chi connectivity index (χ3v) is 3.25. The minimum atomic E-state index is 0.714. The van der Waals surface area contributed by atoms with E-state index in [-0.39, 0.29) is 0 Å². The molecule has 0 saturated heterocycles. The standard InChI is InChI=1S/C12H26N2/c1-5-14(9-11-6-7-11)12(8-13-4)10(2)3/h10-13H,5-9H2,1-4H3. The number of hydrogen-bond donors (Lipinski definition) is 1. The van der Waals surface area contributed by atoms with Gasteiger partial charge in [0.1, 0.15) is 0 Å². The normalized spacial score (nSPS) is 19.3. The van der Waals surface area contributed by atoms with E-state index in [1.807, 2.05) is 0 Å². The van der Waals surface area contributed by atoms with Crippen molar-refractivity contribution in [2.75, 3.05) is 26.7 Å². The second-order valence-corrected chi connectivity index (χ2v) is 4.90. The molecule has 84 valence electrons. The van der Waals surface area contributed by atoms with Gasteiger partial charge in [0.25, 0.3) is 0 Å². The van der Waals surface area contributed by atoms with Gasteiger partial charge in [-0.3, -0.25) is 4.90 Å². The third-order valence-electron chi connectivity index (χ3n) is 3.25. The molecule has 2 nitrogen and oxygen atoms in total. The van der Waals surface area contributed by atoms with Crippen LogP contribution in [-0.4, -0.2) is 37.6 Å². The Morgan fingerprint density at radius 3 is 2.36 bits per heavy atom. The van der Waals surface area contributed by atoms with E-state index in [4.69, 9.17) is 0 Å². The van der Waals surface area contributed by atoms with Crippen LogP contribution in [0.1, 0.15) is 33.6 Å². The van der Waals surface area contributed by atoms with Crippen molar-refractivity contribution in [1.29, 1.82) is 0 Å². The maximum Gasteiger partial charge on any atom is 0.0243 e. The van der Waals surface area contributed by atoms with Gasteiger partial charge in [-0.15, -0.1) is 0 Å². The molecule has 1 saturated carbocycles. The van der Waals surface area contributed by atoms with Gasteiger partial charge in [0, 0.05) is 19.1 Å². The van der Waals surface area contributed by atoms with Gasteiger partial charge in [0.15, 0.2) is 0 Å². The SMILES string of the molecule is CCN(CC1CC1)C(CNC)C(C)C. The van der Waals surface area contributed by atoms with Gasteiger partial charge in [0.05, 0.1) is 0 Å². The fraction of sp³-hybridized carbons (Fsp3) is 1.00. The summed E-state index contributed by atoms with van der Waals surface area (Å²) in [5.74, 6) is 1.76. The van der Waals surface area contributed by atoms with Crippen LogP contribution in [-0.2, 0) is 0 Å². The summed E-state index contributed by atoms with van der Waals surface area (Å²) in [6.07, 6.45) is 2.92. The number of nitrogens with one attached hydrogen (secondary N) is 1. The second kappa shape index (κ2) is 5.72. The molecule has 1 unspecified atom stereocenters. The molecule has 0 aromatic carbocycles. The van der Waals surface area contributed by atoms with E-state index in [9.17, 15) is 0 Å². The van der Waals surface area contributed by atoms with Gasteiger partial charge in [-0.05, 0) is 38.3 Å². The van der Waals surface area contributed by atoms with Gasteiger partial charge in [-0.1, -0.05) is 20.8 Å². The van der Waals surface area contributed by atoms with Crippen LogP contribution in [0.25, 0.3) is 0 Å². The van der Waals surface area contributed by atoms with E-state index < -0.39 is 0 Å². The highest BCUT2D eigenvalue weighted by Crippen LogP contribution is 2.30. The minimum absolute atomic E-state index is 0.714. The van der Waals surface area contributed by atoms with Crippen molar-refractivity contribution >= 4 is 0 Å². The Labute approximate surface area is 89.1 Å². The highest BCUT2D eigenvalue weighted by molar-refractivity contribution is 4.82. The first-order valence-corrected chi connectivity index (χ1v) is 6.07. The van der Waals surface area contributed by atoms with Gasteiger partial charge in [-0.2, -0.15) is 0 Å². The van der Waals surface area contributed by atoms with Crippen molar-refractivity contribution in [1.82, 2.24) is 10.2 Å². The Hall–Kier alpha value is -0.0800. The van der Waals surface area contributed by atoms with Crippen LogP contribution in [0.3, 0.4) is 0 Å². The monoisotopic (exact) mass is 198 g/mol. The lowest BCUT2D eigenvalue weighted by atomic mass is 10.0. The Morgan fingerprint density at radius 1 is 1.36 bits per heavy atom. The third kappa shape index (κ3) is 3.58. The zero-order valence-electron chi connectivity index (χ0n) is 10.2. The highest BCUT2D eigenvalue weighted by Gasteiger charge is 2.28. The van der Waals surface area contributed by atoms with E-state index in [1.54, 1.807) is 0 Å². The number of nitrogens with zero attached hydrogens (tertiary/aromatic N) is 1. The van der Waals surface area contributed by atoms with Crippen LogP contribution in [0, 0.1) is 11.8 Å². The summed E-state index contributed by atoms with van der Waals surface area (Å²) in [5.41, 5.74) is 0. The highest BCUT2D eigenvalue weighted by atomic mass is 15.2. The molecule has 0 aromatic heterocycles. The molecule has 0 aliphatic heterocycles. The fourth-order valence-corrected chi connectivity index (χ4v) is 2.13. The Bertz CT molecular complexity index is 152. The molecule has 1 atom stereocenters. The first-order chi connectivity index (χ1) is 6.69. The van der Waals surface area contributed by atoms with E-state index in [0.717, 1.165) is 18.4 Å². The average molecular weight is 198 g/mol. The molecule has 0 amide bonds. The summed E-state index contributed by atoms with van der Waals surface area (Å²) in [7, 11) is 2.06. The van der Waals surface area contributed by atoms with E-state index in [1.165, 1.54) is 25.9 Å². The van der Waals surface area contributed by atoms with E-state index >= 15 is 0 Å². The van der Waals surface area contributed by atoms with Crippen molar-refractivity contribution in [2.24, 2.45) is 11.8 Å². The number of hydrogen-bond acceptors (Lipinski definition) is 2. The first-order valence-electron chi connectivity index (χ1n) is 6.07. The van der Waals surface area contributed by atoms with Crippen molar-refractivity contribution in [2.45, 2.75) is 39.7 Å². The Morgan fingerprint density at radius 2 is 2.00 bits per heavy atom. The van der Waals surface area contributed by atoms with Crippen LogP contribution in [0.5, 0.6) is 0 Å². The summed E-state index contributed by atoms with van der Waals surface area (Å²) in [6.45, 7) is 10.6. The zero-order valence-corrected chi connectivity index (χ0v) is 10.2. The Kier molecular flexibility index (Phi) is 4.90. The van der Waals surface area contributed by atoms with Crippen LogP contribution in [0.2, 0.25) is 0 Å². The summed E-state index contributed by atoms with van der Waals surface area (Å²) < 4.78 is 0. The van der Waals surface area contributed by atoms with Gasteiger partial charge < -0.3 is 5.32 Å². The quantitative estimate of drug-likeness (QED) is 0.673. The molecule has 0 spiro atoms. The molecular formula is C12H26N2. The summed E-state index contributed by atoms with van der Waals surface area (Å²) in [4.78, 5) is 2.65. The number of likely N-dealkylation sites (N-methyl/N-ethyl adjacent to an activating group) is 2. The average Bonchev–Trinajstić information content (AvgIpc) is 2.94. The van der Waals surface area contributed by atoms with Crippen molar-refractivity contribution in [3.63, 3.8) is 0 Å². The van der Waals surface area contributed by atoms with Gasteiger partial charge >= 0.3 is 0 Å². The fourth-order valence-electron chi connectivity index (χ4n) is 2.13.